The highest BCUT2D eigenvalue weighted by Crippen LogP contribution is 2.38. The molecule has 1 aromatic carbocycles. The molecule has 2 unspecified atom stereocenters. The highest BCUT2D eigenvalue weighted by molar-refractivity contribution is 5.46. The lowest BCUT2D eigenvalue weighted by atomic mass is 9.92. The van der Waals surface area contributed by atoms with Crippen molar-refractivity contribution in [3.63, 3.8) is 0 Å². The first kappa shape index (κ1) is 10.5. The number of hydrogen-bond acceptors (Lipinski definition) is 2. The second-order valence-electron chi connectivity index (χ2n) is 4.69. The number of ether oxygens (including phenoxy) is 1. The molecule has 0 spiro atoms. The number of fused-ring (bicyclic) bond motifs is 1. The first-order chi connectivity index (χ1) is 7.09. The van der Waals surface area contributed by atoms with Gasteiger partial charge in [0.1, 0.15) is 5.75 Å². The third-order valence-electron chi connectivity index (χ3n) is 3.00. The van der Waals surface area contributed by atoms with Gasteiger partial charge < -0.3 is 10.5 Å². The summed E-state index contributed by atoms with van der Waals surface area (Å²) in [4.78, 5) is 0. The van der Waals surface area contributed by atoms with Crippen LogP contribution in [0.15, 0.2) is 18.2 Å². The fourth-order valence-electron chi connectivity index (χ4n) is 2.19. The van der Waals surface area contributed by atoms with Crippen LogP contribution < -0.4 is 10.5 Å². The van der Waals surface area contributed by atoms with Gasteiger partial charge in [-0.1, -0.05) is 32.0 Å². The Balaban J connectivity index is 2.49. The molecular formula is C13H19NO. The Kier molecular flexibility index (Phi) is 2.70. The second-order valence-corrected chi connectivity index (χ2v) is 4.69. The monoisotopic (exact) mass is 205 g/mol. The van der Waals surface area contributed by atoms with E-state index >= 15 is 0 Å². The summed E-state index contributed by atoms with van der Waals surface area (Å²) in [5.74, 6) is 1.51. The van der Waals surface area contributed by atoms with Crippen LogP contribution in [0, 0.1) is 0 Å². The summed E-state index contributed by atoms with van der Waals surface area (Å²) in [6.07, 6.45) is 1.14. The van der Waals surface area contributed by atoms with Crippen LogP contribution in [-0.2, 0) is 0 Å². The highest BCUT2D eigenvalue weighted by Gasteiger charge is 2.25. The first-order valence-electron chi connectivity index (χ1n) is 5.64. The maximum absolute atomic E-state index is 6.13. The van der Waals surface area contributed by atoms with E-state index in [0.717, 1.165) is 12.2 Å². The van der Waals surface area contributed by atoms with Crippen LogP contribution in [0.5, 0.6) is 5.75 Å². The molecule has 0 saturated carbocycles. The van der Waals surface area contributed by atoms with Crippen LogP contribution in [0.1, 0.15) is 50.3 Å². The lowest BCUT2D eigenvalue weighted by Crippen LogP contribution is -2.28. The predicted octanol–water partition coefficient (Wildman–Crippen LogP) is 2.98. The molecule has 0 fully saturated rings. The molecule has 2 rings (SSSR count). The van der Waals surface area contributed by atoms with Crippen molar-refractivity contribution in [1.82, 2.24) is 0 Å². The molecule has 0 aromatic heterocycles. The van der Waals surface area contributed by atoms with E-state index in [9.17, 15) is 0 Å². The van der Waals surface area contributed by atoms with E-state index in [1.807, 2.05) is 0 Å². The van der Waals surface area contributed by atoms with Crippen LogP contribution in [0.2, 0.25) is 0 Å². The molecule has 2 atom stereocenters. The molecule has 0 amide bonds. The van der Waals surface area contributed by atoms with Crippen LogP contribution in [-0.4, -0.2) is 6.10 Å². The Morgan fingerprint density at radius 3 is 2.80 bits per heavy atom. The first-order valence-corrected chi connectivity index (χ1v) is 5.64. The molecule has 0 bridgehead atoms. The third-order valence-corrected chi connectivity index (χ3v) is 3.00. The van der Waals surface area contributed by atoms with Crippen LogP contribution in [0.3, 0.4) is 0 Å². The van der Waals surface area contributed by atoms with Crippen molar-refractivity contribution in [2.24, 2.45) is 5.73 Å². The minimum atomic E-state index is 0.127. The van der Waals surface area contributed by atoms with Crippen molar-refractivity contribution in [2.75, 3.05) is 0 Å². The Bertz CT molecular complexity index is 345. The largest absolute Gasteiger partial charge is 0.490 e. The fraction of sp³-hybridized carbons (Fsp3) is 0.538. The normalized spacial score (nSPS) is 24.9. The van der Waals surface area contributed by atoms with Crippen LogP contribution >= 0.6 is 0 Å². The maximum atomic E-state index is 6.13. The minimum absolute atomic E-state index is 0.127. The van der Waals surface area contributed by atoms with E-state index < -0.39 is 0 Å². The van der Waals surface area contributed by atoms with Gasteiger partial charge in [-0.25, -0.2) is 0 Å². The highest BCUT2D eigenvalue weighted by atomic mass is 16.5. The molecule has 15 heavy (non-hydrogen) atoms. The molecule has 1 aromatic rings. The summed E-state index contributed by atoms with van der Waals surface area (Å²) in [6.45, 7) is 6.45. The summed E-state index contributed by atoms with van der Waals surface area (Å²) in [7, 11) is 0. The molecule has 2 N–H and O–H groups in total. The molecule has 0 radical (unpaired) electrons. The van der Waals surface area contributed by atoms with Crippen LogP contribution in [0.4, 0.5) is 0 Å². The Morgan fingerprint density at radius 2 is 2.13 bits per heavy atom. The smallest absolute Gasteiger partial charge is 0.127 e. The van der Waals surface area contributed by atoms with E-state index in [1.54, 1.807) is 0 Å². The zero-order valence-electron chi connectivity index (χ0n) is 9.66. The van der Waals surface area contributed by atoms with E-state index in [2.05, 4.69) is 39.0 Å². The van der Waals surface area contributed by atoms with Gasteiger partial charge >= 0.3 is 0 Å². The molecule has 0 saturated heterocycles. The number of nitrogens with two attached hydrogens (primary N) is 1. The quantitative estimate of drug-likeness (QED) is 0.765. The zero-order chi connectivity index (χ0) is 11.0. The summed E-state index contributed by atoms with van der Waals surface area (Å²) in [5, 5.41) is 0. The number of benzene rings is 1. The van der Waals surface area contributed by atoms with Gasteiger partial charge in [-0.3, -0.25) is 0 Å². The van der Waals surface area contributed by atoms with Gasteiger partial charge in [0.2, 0.25) is 0 Å². The van der Waals surface area contributed by atoms with Gasteiger partial charge in [0.05, 0.1) is 6.10 Å². The van der Waals surface area contributed by atoms with Crippen molar-refractivity contribution in [2.45, 2.75) is 45.3 Å². The van der Waals surface area contributed by atoms with E-state index in [0.29, 0.717) is 5.92 Å². The van der Waals surface area contributed by atoms with Crippen molar-refractivity contribution in [1.29, 1.82) is 0 Å². The molecule has 82 valence electrons. The Labute approximate surface area is 91.4 Å². The minimum Gasteiger partial charge on any atom is -0.490 e. The van der Waals surface area contributed by atoms with E-state index in [1.165, 1.54) is 11.1 Å². The average Bonchev–Trinajstić information content (AvgIpc) is 2.16. The molecule has 1 heterocycles. The number of hydrogen-bond donors (Lipinski definition) is 1. The molecule has 1 aliphatic heterocycles. The number of rotatable bonds is 1. The third kappa shape index (κ3) is 1.86. The van der Waals surface area contributed by atoms with Gasteiger partial charge in [-0.15, -0.1) is 0 Å². The molecular weight excluding hydrogens is 186 g/mol. The molecule has 1 aliphatic rings. The molecule has 2 nitrogen and oxygen atoms in total. The standard InChI is InChI=1S/C13H19NO/c1-8(2)10-5-4-6-11-12(14)7-9(3)15-13(10)11/h4-6,8-9,12H,7,14H2,1-3H3. The maximum Gasteiger partial charge on any atom is 0.127 e. The van der Waals surface area contributed by atoms with Gasteiger partial charge in [0.25, 0.3) is 0 Å². The molecule has 2 heteroatoms. The Morgan fingerprint density at radius 1 is 1.40 bits per heavy atom. The fourth-order valence-corrected chi connectivity index (χ4v) is 2.19. The Hall–Kier alpha value is -1.02. The lowest BCUT2D eigenvalue weighted by Gasteiger charge is -2.30. The lowest BCUT2D eigenvalue weighted by molar-refractivity contribution is 0.174. The molecule has 0 aliphatic carbocycles. The average molecular weight is 205 g/mol. The van der Waals surface area contributed by atoms with Crippen molar-refractivity contribution in [3.05, 3.63) is 29.3 Å². The summed E-state index contributed by atoms with van der Waals surface area (Å²) >= 11 is 0. The van der Waals surface area contributed by atoms with Crippen molar-refractivity contribution < 1.29 is 4.74 Å². The number of para-hydroxylation sites is 1. The van der Waals surface area contributed by atoms with E-state index in [-0.39, 0.29) is 12.1 Å². The van der Waals surface area contributed by atoms with E-state index in [4.69, 9.17) is 10.5 Å². The van der Waals surface area contributed by atoms with Gasteiger partial charge in [-0.2, -0.15) is 0 Å². The van der Waals surface area contributed by atoms with Gasteiger partial charge in [0, 0.05) is 18.0 Å². The zero-order valence-corrected chi connectivity index (χ0v) is 9.66. The summed E-state index contributed by atoms with van der Waals surface area (Å²) in [5.41, 5.74) is 8.56. The van der Waals surface area contributed by atoms with Crippen molar-refractivity contribution >= 4 is 0 Å². The van der Waals surface area contributed by atoms with Gasteiger partial charge in [0.15, 0.2) is 0 Å². The summed E-state index contributed by atoms with van der Waals surface area (Å²) < 4.78 is 5.91. The van der Waals surface area contributed by atoms with Crippen LogP contribution in [0.25, 0.3) is 0 Å². The second kappa shape index (κ2) is 3.86. The van der Waals surface area contributed by atoms with Gasteiger partial charge in [-0.05, 0) is 18.4 Å². The topological polar surface area (TPSA) is 35.2 Å². The predicted molar refractivity (Wildman–Crippen MR) is 62.2 cm³/mol. The summed E-state index contributed by atoms with van der Waals surface area (Å²) in [6, 6.07) is 6.42. The SMILES string of the molecule is CC1CC(N)c2cccc(C(C)C)c2O1. The van der Waals surface area contributed by atoms with Crippen molar-refractivity contribution in [3.8, 4) is 5.75 Å².